The zero-order chi connectivity index (χ0) is 12.2. The first-order valence-corrected chi connectivity index (χ1v) is 5.00. The second-order valence-electron chi connectivity index (χ2n) is 2.56. The van der Waals surface area contributed by atoms with Gasteiger partial charge in [0.15, 0.2) is 5.69 Å². The molecule has 0 amide bonds. The van der Waals surface area contributed by atoms with Gasteiger partial charge >= 0.3 is 11.5 Å². The van der Waals surface area contributed by atoms with Gasteiger partial charge in [0, 0.05) is 12.3 Å². The number of oxazole rings is 1. The Hall–Kier alpha value is -1.38. The van der Waals surface area contributed by atoms with Crippen molar-refractivity contribution in [2.45, 2.75) is 5.51 Å². The second-order valence-corrected chi connectivity index (χ2v) is 3.72. The SMILES string of the molecule is O=C(O)c1coc(NCCSC(F)(F)F)n1. The fraction of sp³-hybridized carbons (Fsp3) is 0.429. The van der Waals surface area contributed by atoms with Crippen molar-refractivity contribution in [2.24, 2.45) is 0 Å². The molecule has 0 spiro atoms. The zero-order valence-electron chi connectivity index (χ0n) is 7.74. The molecule has 0 aliphatic heterocycles. The van der Waals surface area contributed by atoms with Crippen LogP contribution in [0.25, 0.3) is 0 Å². The molecule has 0 aliphatic carbocycles. The minimum atomic E-state index is -4.27. The van der Waals surface area contributed by atoms with E-state index >= 15 is 0 Å². The standard InChI is InChI=1S/C7H7F3N2O3S/c8-7(9,10)16-2-1-11-6-12-4(3-15-6)5(13)14/h3H,1-2H2,(H,11,12)(H,13,14). The number of rotatable bonds is 5. The van der Waals surface area contributed by atoms with Crippen molar-refractivity contribution in [3.63, 3.8) is 0 Å². The summed E-state index contributed by atoms with van der Waals surface area (Å²) >= 11 is -0.182. The Morgan fingerprint density at radius 1 is 1.62 bits per heavy atom. The van der Waals surface area contributed by atoms with E-state index in [0.717, 1.165) is 6.26 Å². The number of thioether (sulfide) groups is 1. The first-order valence-electron chi connectivity index (χ1n) is 4.02. The summed E-state index contributed by atoms with van der Waals surface area (Å²) in [5.41, 5.74) is -4.57. The molecular formula is C7H7F3N2O3S. The summed E-state index contributed by atoms with van der Waals surface area (Å²) in [4.78, 5) is 13.8. The number of anilines is 1. The summed E-state index contributed by atoms with van der Waals surface area (Å²) < 4.78 is 39.8. The van der Waals surface area contributed by atoms with Gasteiger partial charge in [-0.3, -0.25) is 0 Å². The summed E-state index contributed by atoms with van der Waals surface area (Å²) in [6.07, 6.45) is 0.904. The number of hydrogen-bond donors (Lipinski definition) is 2. The van der Waals surface area contributed by atoms with Crippen molar-refractivity contribution in [1.29, 1.82) is 0 Å². The highest BCUT2D eigenvalue weighted by molar-refractivity contribution is 8.00. The molecular weight excluding hydrogens is 249 g/mol. The highest BCUT2D eigenvalue weighted by Gasteiger charge is 2.27. The molecule has 0 atom stereocenters. The molecule has 1 aromatic rings. The molecule has 0 bridgehead atoms. The van der Waals surface area contributed by atoms with E-state index in [1.54, 1.807) is 0 Å². The summed E-state index contributed by atoms with van der Waals surface area (Å²) in [5.74, 6) is -1.48. The summed E-state index contributed by atoms with van der Waals surface area (Å²) in [6, 6.07) is -0.111. The van der Waals surface area contributed by atoms with Gasteiger partial charge in [-0.05, 0) is 11.8 Å². The van der Waals surface area contributed by atoms with Gasteiger partial charge in [-0.15, -0.1) is 0 Å². The molecule has 0 saturated heterocycles. The largest absolute Gasteiger partial charge is 0.476 e. The van der Waals surface area contributed by atoms with Crippen LogP contribution in [0.4, 0.5) is 19.2 Å². The van der Waals surface area contributed by atoms with E-state index in [0.29, 0.717) is 0 Å². The van der Waals surface area contributed by atoms with E-state index in [9.17, 15) is 18.0 Å². The molecule has 0 fully saturated rings. The predicted octanol–water partition coefficient (Wildman–Crippen LogP) is 2.04. The molecule has 1 heterocycles. The number of nitrogens with one attached hydrogen (secondary N) is 1. The van der Waals surface area contributed by atoms with E-state index in [4.69, 9.17) is 5.11 Å². The van der Waals surface area contributed by atoms with Crippen molar-refractivity contribution >= 4 is 23.7 Å². The second kappa shape index (κ2) is 5.10. The van der Waals surface area contributed by atoms with Crippen LogP contribution in [0.1, 0.15) is 10.5 Å². The summed E-state index contributed by atoms with van der Waals surface area (Å²) in [5, 5.41) is 10.9. The minimum Gasteiger partial charge on any atom is -0.476 e. The lowest BCUT2D eigenvalue weighted by molar-refractivity contribution is -0.0327. The van der Waals surface area contributed by atoms with Crippen LogP contribution < -0.4 is 5.32 Å². The lowest BCUT2D eigenvalue weighted by Gasteiger charge is -2.04. The maximum atomic E-state index is 11.7. The van der Waals surface area contributed by atoms with Crippen LogP contribution >= 0.6 is 11.8 Å². The van der Waals surface area contributed by atoms with Crippen LogP contribution in [0.3, 0.4) is 0 Å². The maximum Gasteiger partial charge on any atom is 0.441 e. The number of aromatic nitrogens is 1. The third-order valence-corrected chi connectivity index (χ3v) is 2.10. The van der Waals surface area contributed by atoms with Crippen molar-refractivity contribution in [1.82, 2.24) is 4.98 Å². The van der Waals surface area contributed by atoms with E-state index in [2.05, 4.69) is 14.7 Å². The third kappa shape index (κ3) is 4.43. The van der Waals surface area contributed by atoms with Crippen LogP contribution in [-0.4, -0.2) is 33.9 Å². The van der Waals surface area contributed by atoms with Crippen molar-refractivity contribution in [3.8, 4) is 0 Å². The number of halogens is 3. The Balaban J connectivity index is 2.30. The number of carboxylic acids is 1. The molecule has 16 heavy (non-hydrogen) atoms. The number of aromatic carboxylic acids is 1. The van der Waals surface area contributed by atoms with Gasteiger partial charge in [-0.2, -0.15) is 18.2 Å². The van der Waals surface area contributed by atoms with Gasteiger partial charge < -0.3 is 14.8 Å². The topological polar surface area (TPSA) is 75.4 Å². The normalized spacial score (nSPS) is 11.4. The van der Waals surface area contributed by atoms with Gasteiger partial charge in [0.1, 0.15) is 6.26 Å². The van der Waals surface area contributed by atoms with E-state index in [1.807, 2.05) is 0 Å². The quantitative estimate of drug-likeness (QED) is 0.785. The number of carbonyl (C=O) groups is 1. The maximum absolute atomic E-state index is 11.7. The zero-order valence-corrected chi connectivity index (χ0v) is 8.56. The Bertz CT molecular complexity index is 366. The van der Waals surface area contributed by atoms with Crippen LogP contribution in [-0.2, 0) is 0 Å². The van der Waals surface area contributed by atoms with Crippen molar-refractivity contribution in [3.05, 3.63) is 12.0 Å². The molecule has 0 aromatic carbocycles. The fourth-order valence-corrected chi connectivity index (χ4v) is 1.21. The van der Waals surface area contributed by atoms with Crippen LogP contribution in [0.5, 0.6) is 0 Å². The summed E-state index contributed by atoms with van der Waals surface area (Å²) in [6.45, 7) is -0.0241. The van der Waals surface area contributed by atoms with E-state index in [1.165, 1.54) is 0 Å². The Morgan fingerprint density at radius 3 is 2.81 bits per heavy atom. The van der Waals surface area contributed by atoms with Gasteiger partial charge in [0.2, 0.25) is 0 Å². The first-order chi connectivity index (χ1) is 7.38. The van der Waals surface area contributed by atoms with Crippen molar-refractivity contribution < 1.29 is 27.5 Å². The Labute approximate surface area is 92.0 Å². The van der Waals surface area contributed by atoms with E-state index < -0.39 is 11.5 Å². The average molecular weight is 256 g/mol. The lowest BCUT2D eigenvalue weighted by Crippen LogP contribution is -2.09. The van der Waals surface area contributed by atoms with Gasteiger partial charge in [-0.25, -0.2) is 4.79 Å². The summed E-state index contributed by atoms with van der Waals surface area (Å²) in [7, 11) is 0. The molecule has 1 aromatic heterocycles. The highest BCUT2D eigenvalue weighted by Crippen LogP contribution is 2.29. The number of carboxylic acid groups (broad SMARTS) is 1. The molecule has 0 aliphatic rings. The number of nitrogens with zero attached hydrogens (tertiary/aromatic N) is 1. The first kappa shape index (κ1) is 12.7. The van der Waals surface area contributed by atoms with Gasteiger partial charge in [0.05, 0.1) is 0 Å². The highest BCUT2D eigenvalue weighted by atomic mass is 32.2. The number of alkyl halides is 3. The predicted molar refractivity (Wildman–Crippen MR) is 50.5 cm³/mol. The van der Waals surface area contributed by atoms with Gasteiger partial charge in [-0.1, -0.05) is 0 Å². The molecule has 0 unspecified atom stereocenters. The molecule has 5 nitrogen and oxygen atoms in total. The van der Waals surface area contributed by atoms with Gasteiger partial charge in [0.25, 0.3) is 6.01 Å². The third-order valence-electron chi connectivity index (χ3n) is 1.37. The average Bonchev–Trinajstić information content (AvgIpc) is 2.59. The fourth-order valence-electron chi connectivity index (χ4n) is 0.778. The molecule has 90 valence electrons. The lowest BCUT2D eigenvalue weighted by atomic mass is 10.5. The minimum absolute atomic E-state index is 0.0241. The Kier molecular flexibility index (Phi) is 4.05. The van der Waals surface area contributed by atoms with Crippen LogP contribution in [0.2, 0.25) is 0 Å². The molecule has 0 saturated carbocycles. The molecule has 9 heteroatoms. The van der Waals surface area contributed by atoms with E-state index in [-0.39, 0.29) is 35.8 Å². The molecule has 1 rings (SSSR count). The van der Waals surface area contributed by atoms with Crippen molar-refractivity contribution in [2.75, 3.05) is 17.6 Å². The monoisotopic (exact) mass is 256 g/mol. The molecule has 2 N–H and O–H groups in total. The van der Waals surface area contributed by atoms with Crippen LogP contribution in [0.15, 0.2) is 10.7 Å². The smallest absolute Gasteiger partial charge is 0.441 e. The van der Waals surface area contributed by atoms with Crippen LogP contribution in [0, 0.1) is 0 Å². The molecule has 0 radical (unpaired) electrons. The number of hydrogen-bond acceptors (Lipinski definition) is 5. The Morgan fingerprint density at radius 2 is 2.31 bits per heavy atom.